The Morgan fingerprint density at radius 3 is 1.41 bits per heavy atom. The smallest absolute Gasteiger partial charge is 0.303 e. The van der Waals surface area contributed by atoms with Gasteiger partial charge < -0.3 is 61.8 Å². The van der Waals surface area contributed by atoms with Crippen molar-refractivity contribution >= 4 is 88.4 Å². The minimum Gasteiger partial charge on any atom is -0.481 e. The van der Waals surface area contributed by atoms with Crippen LogP contribution in [0.3, 0.4) is 0 Å². The molecule has 76 heavy (non-hydrogen) atoms. The number of ether oxygens (including phenoxy) is 1. The summed E-state index contributed by atoms with van der Waals surface area (Å²) in [7, 11) is 1.44. The average Bonchev–Trinajstić information content (AvgIpc) is 3.84. The number of carbonyl (C=O) groups is 15. The Hall–Kier alpha value is -7.19. The van der Waals surface area contributed by atoms with Gasteiger partial charge in [0.2, 0.25) is 35.4 Å². The standard InChI is InChI=1S/C49H74N6O21/c1-27(2)23-34(37(58)14-15-40(61)50-4)54-49(75)35-7-5-21-55(35)41(62)26-76-22-6-8-36(57)31(11-18-44(67)68)52-47(73)30(10-17-43(65)66)25-39(60)33(13-20-46(71)72)53-48(74)29(9-16-42(63)64)24-38(59)32(51-28(3)56)12-19-45(69)70/h27,29-35H,5-26H2,1-4H3,(H,50,61)(H,51,56)(H,52,73)(H,53,74)(H,54,75)(H,63,64)(H,65,66)(H,67,68)(H,69,70)(H,71,72)/t29-,30-,31+,32+,33+,34-,35-/m0/s1. The number of hydrogen-bond donors (Lipinski definition) is 10. The summed E-state index contributed by atoms with van der Waals surface area (Å²) < 4.78 is 5.52. The van der Waals surface area contributed by atoms with Crippen molar-refractivity contribution in [2.45, 2.75) is 173 Å². The van der Waals surface area contributed by atoms with Gasteiger partial charge in [0.25, 0.3) is 0 Å². The molecule has 426 valence electrons. The van der Waals surface area contributed by atoms with Gasteiger partial charge in [0.1, 0.15) is 12.6 Å². The molecule has 0 radical (unpaired) electrons. The second kappa shape index (κ2) is 35.1. The van der Waals surface area contributed by atoms with Gasteiger partial charge in [-0.15, -0.1) is 0 Å². The lowest BCUT2D eigenvalue weighted by molar-refractivity contribution is -0.142. The first-order valence-corrected chi connectivity index (χ1v) is 25.1. The molecule has 1 saturated heterocycles. The van der Waals surface area contributed by atoms with Crippen molar-refractivity contribution in [2.24, 2.45) is 17.8 Å². The third kappa shape index (κ3) is 27.4. The third-order valence-electron chi connectivity index (χ3n) is 12.3. The molecule has 1 fully saturated rings. The SMILES string of the molecule is CNC(=O)CCC(=O)[C@H](CC(C)C)NC(=O)[C@@H]1CCCN1C(=O)COCCCC(=O)[C@@H](CCC(=O)O)NC(=O)[C@@H](CCC(=O)O)CC(=O)[C@@H](CCC(=O)O)NC(=O)[C@@H](CCC(=O)O)CC(=O)[C@@H](CCC(=O)O)NC(C)=O. The first-order chi connectivity index (χ1) is 35.6. The predicted molar refractivity (Wildman–Crippen MR) is 262 cm³/mol. The highest BCUT2D eigenvalue weighted by atomic mass is 16.5. The van der Waals surface area contributed by atoms with Crippen LogP contribution < -0.4 is 26.6 Å². The number of carboxylic acid groups (broad SMARTS) is 5. The molecule has 0 bridgehead atoms. The molecule has 1 rings (SSSR count). The Morgan fingerprint density at radius 2 is 0.974 bits per heavy atom. The number of rotatable bonds is 41. The molecule has 7 atom stereocenters. The van der Waals surface area contributed by atoms with E-state index in [0.29, 0.717) is 19.3 Å². The molecule has 1 aliphatic heterocycles. The average molecular weight is 1080 g/mol. The molecule has 0 aliphatic carbocycles. The zero-order valence-electron chi connectivity index (χ0n) is 43.4. The minimum atomic E-state index is -1.72. The van der Waals surface area contributed by atoms with Crippen molar-refractivity contribution in [3.63, 3.8) is 0 Å². The van der Waals surface area contributed by atoms with Gasteiger partial charge in [-0.25, -0.2) is 0 Å². The van der Waals surface area contributed by atoms with Crippen LogP contribution in [-0.2, 0) is 76.7 Å². The fourth-order valence-electron chi connectivity index (χ4n) is 8.24. The fraction of sp³-hybridized carbons (Fsp3) is 0.694. The van der Waals surface area contributed by atoms with Gasteiger partial charge in [0.05, 0.1) is 24.2 Å². The number of carbonyl (C=O) groups excluding carboxylic acids is 10. The van der Waals surface area contributed by atoms with Crippen LogP contribution in [0.25, 0.3) is 0 Å². The Morgan fingerprint density at radius 1 is 0.539 bits per heavy atom. The Balaban J connectivity index is 3.18. The first kappa shape index (κ1) is 66.8. The van der Waals surface area contributed by atoms with Crippen LogP contribution in [-0.4, -0.2) is 176 Å². The molecule has 0 aromatic heterocycles. The Kier molecular flexibility index (Phi) is 30.9. The van der Waals surface area contributed by atoms with Crippen LogP contribution in [0.15, 0.2) is 0 Å². The summed E-state index contributed by atoms with van der Waals surface area (Å²) in [5, 5.41) is 58.9. The molecular formula is C49H74N6O21. The van der Waals surface area contributed by atoms with Crippen LogP contribution in [0.2, 0.25) is 0 Å². The summed E-state index contributed by atoms with van der Waals surface area (Å²) in [5.74, 6) is -17.2. The van der Waals surface area contributed by atoms with E-state index in [2.05, 4.69) is 26.6 Å². The number of hydrogen-bond acceptors (Lipinski definition) is 16. The monoisotopic (exact) mass is 1080 g/mol. The molecule has 0 unspecified atom stereocenters. The number of nitrogens with zero attached hydrogens (tertiary/aromatic N) is 1. The van der Waals surface area contributed by atoms with Crippen molar-refractivity contribution in [1.29, 1.82) is 0 Å². The molecule has 6 amide bonds. The first-order valence-electron chi connectivity index (χ1n) is 25.1. The van der Waals surface area contributed by atoms with Crippen molar-refractivity contribution in [3.05, 3.63) is 0 Å². The van der Waals surface area contributed by atoms with Crippen LogP contribution in [0.1, 0.15) is 143 Å². The van der Waals surface area contributed by atoms with Gasteiger partial charge >= 0.3 is 29.8 Å². The number of Topliss-reactive ketones (excluding diaryl/α,β-unsaturated/α-hetero) is 4. The van der Waals surface area contributed by atoms with Crippen molar-refractivity contribution in [2.75, 3.05) is 26.8 Å². The molecule has 10 N–H and O–H groups in total. The highest BCUT2D eigenvalue weighted by Gasteiger charge is 2.37. The van der Waals surface area contributed by atoms with Crippen LogP contribution >= 0.6 is 0 Å². The molecule has 1 aliphatic rings. The summed E-state index contributed by atoms with van der Waals surface area (Å²) in [5.41, 5.74) is 0. The zero-order valence-corrected chi connectivity index (χ0v) is 43.4. The minimum absolute atomic E-state index is 0.0176. The van der Waals surface area contributed by atoms with Crippen LogP contribution in [0.5, 0.6) is 0 Å². The van der Waals surface area contributed by atoms with Gasteiger partial charge in [-0.05, 0) is 63.7 Å². The summed E-state index contributed by atoms with van der Waals surface area (Å²) in [6, 6.07) is -6.40. The number of amides is 6. The normalized spacial score (nSPS) is 15.4. The van der Waals surface area contributed by atoms with Crippen LogP contribution in [0, 0.1) is 17.8 Å². The third-order valence-corrected chi connectivity index (χ3v) is 12.3. The Labute approximate surface area is 438 Å². The van der Waals surface area contributed by atoms with E-state index in [9.17, 15) is 92.3 Å². The maximum absolute atomic E-state index is 13.9. The zero-order chi connectivity index (χ0) is 57.7. The predicted octanol–water partition coefficient (Wildman–Crippen LogP) is -0.0814. The van der Waals surface area contributed by atoms with Gasteiger partial charge in [-0.1, -0.05) is 13.8 Å². The Bertz CT molecular complexity index is 2110. The van der Waals surface area contributed by atoms with Gasteiger partial charge in [-0.2, -0.15) is 0 Å². The maximum atomic E-state index is 13.9. The lowest BCUT2D eigenvalue weighted by atomic mass is 9.89. The molecule has 0 saturated carbocycles. The van der Waals surface area contributed by atoms with Crippen molar-refractivity contribution < 1.29 is 102 Å². The second-order valence-corrected chi connectivity index (χ2v) is 19.0. The van der Waals surface area contributed by atoms with E-state index in [0.717, 1.165) is 6.92 Å². The molecular weight excluding hydrogens is 1010 g/mol. The molecule has 0 aromatic carbocycles. The highest BCUT2D eigenvalue weighted by Crippen LogP contribution is 2.22. The molecule has 0 aromatic rings. The highest BCUT2D eigenvalue weighted by molar-refractivity contribution is 5.97. The fourth-order valence-corrected chi connectivity index (χ4v) is 8.24. The number of ketones is 4. The van der Waals surface area contributed by atoms with E-state index in [4.69, 9.17) is 9.84 Å². The number of nitrogens with one attached hydrogen (secondary N) is 5. The molecule has 27 heteroatoms. The van der Waals surface area contributed by atoms with Gasteiger partial charge in [0.15, 0.2) is 23.1 Å². The van der Waals surface area contributed by atoms with E-state index in [1.165, 1.54) is 11.9 Å². The molecule has 27 nitrogen and oxygen atoms in total. The number of likely N-dealkylation sites (tertiary alicyclic amines) is 1. The summed E-state index contributed by atoms with van der Waals surface area (Å²) in [6.45, 7) is 4.31. The molecule has 1 heterocycles. The number of aliphatic carboxylic acids is 5. The summed E-state index contributed by atoms with van der Waals surface area (Å²) in [4.78, 5) is 190. The van der Waals surface area contributed by atoms with Gasteiger partial charge in [-0.3, -0.25) is 71.9 Å². The van der Waals surface area contributed by atoms with Crippen molar-refractivity contribution in [3.8, 4) is 0 Å². The van der Waals surface area contributed by atoms with E-state index in [1.54, 1.807) is 0 Å². The quantitative estimate of drug-likeness (QED) is 0.0358. The lowest BCUT2D eigenvalue weighted by Gasteiger charge is -2.27. The number of carboxylic acids is 5. The van der Waals surface area contributed by atoms with E-state index < -0.39 is 196 Å². The van der Waals surface area contributed by atoms with Crippen molar-refractivity contribution in [1.82, 2.24) is 31.5 Å². The molecule has 0 spiro atoms. The second-order valence-electron chi connectivity index (χ2n) is 19.0. The van der Waals surface area contributed by atoms with Gasteiger partial charge in [0, 0.05) is 103 Å². The maximum Gasteiger partial charge on any atom is 0.303 e. The topological polar surface area (TPSA) is 430 Å². The summed E-state index contributed by atoms with van der Waals surface area (Å²) >= 11 is 0. The van der Waals surface area contributed by atoms with E-state index in [-0.39, 0.29) is 62.9 Å². The van der Waals surface area contributed by atoms with E-state index >= 15 is 0 Å². The lowest BCUT2D eigenvalue weighted by Crippen LogP contribution is -2.51. The van der Waals surface area contributed by atoms with Crippen LogP contribution in [0.4, 0.5) is 0 Å². The van der Waals surface area contributed by atoms with E-state index in [1.807, 2.05) is 13.8 Å². The largest absolute Gasteiger partial charge is 0.481 e. The summed E-state index contributed by atoms with van der Waals surface area (Å²) in [6.07, 6.45) is -6.88.